The molecule has 0 bridgehead atoms. The minimum atomic E-state index is -0.285. The van der Waals surface area contributed by atoms with Crippen molar-refractivity contribution in [1.29, 1.82) is 0 Å². The highest BCUT2D eigenvalue weighted by atomic mass is 16.5. The summed E-state index contributed by atoms with van der Waals surface area (Å²) in [5.74, 6) is -0.285. The van der Waals surface area contributed by atoms with Gasteiger partial charge in [0.1, 0.15) is 0 Å². The van der Waals surface area contributed by atoms with Crippen LogP contribution in [-0.2, 0) is 9.53 Å². The highest BCUT2D eigenvalue weighted by Crippen LogP contribution is 2.12. The van der Waals surface area contributed by atoms with E-state index >= 15 is 0 Å². The lowest BCUT2D eigenvalue weighted by molar-refractivity contribution is -0.119. The lowest BCUT2D eigenvalue weighted by Gasteiger charge is -2.20. The Bertz CT molecular complexity index is 185. The summed E-state index contributed by atoms with van der Waals surface area (Å²) in [5, 5.41) is 0. The smallest absolute Gasteiger partial charge is 0.219 e. The average Bonchev–Trinajstić information content (AvgIpc) is 2.29. The number of hydrogen-bond donors (Lipinski definition) is 1. The van der Waals surface area contributed by atoms with Gasteiger partial charge in [0.25, 0.3) is 0 Å². The van der Waals surface area contributed by atoms with E-state index in [0.29, 0.717) is 13.0 Å². The Balaban J connectivity index is 2.18. The minimum Gasteiger partial charge on any atom is -0.376 e. The molecule has 0 radical (unpaired) electrons. The molecule has 1 aliphatic heterocycles. The fraction of sp³-hybridized carbons (Fsp3) is 0.900. The molecule has 82 valence electrons. The maximum Gasteiger partial charge on any atom is 0.219 e. The fourth-order valence-corrected chi connectivity index (χ4v) is 1.75. The number of carbonyl (C=O) groups is 1. The standard InChI is InChI=1S/C10H20N2O2/c1-12-6-3-2-4-9(8-12)14-7-5-10(11)13/h9H,2-8H2,1H3,(H2,11,13). The number of nitrogens with two attached hydrogens (primary N) is 1. The minimum absolute atomic E-state index is 0.279. The van der Waals surface area contributed by atoms with E-state index in [-0.39, 0.29) is 12.0 Å². The van der Waals surface area contributed by atoms with E-state index in [4.69, 9.17) is 10.5 Å². The van der Waals surface area contributed by atoms with Gasteiger partial charge in [-0.05, 0) is 32.9 Å². The highest BCUT2D eigenvalue weighted by Gasteiger charge is 2.15. The number of likely N-dealkylation sites (tertiary alicyclic amines) is 1. The topological polar surface area (TPSA) is 55.6 Å². The van der Waals surface area contributed by atoms with E-state index in [1.165, 1.54) is 12.8 Å². The average molecular weight is 200 g/mol. The number of likely N-dealkylation sites (N-methyl/N-ethyl adjacent to an activating group) is 1. The third kappa shape index (κ3) is 4.58. The van der Waals surface area contributed by atoms with Crippen LogP contribution in [0.15, 0.2) is 0 Å². The molecule has 4 heteroatoms. The summed E-state index contributed by atoms with van der Waals surface area (Å²) in [6, 6.07) is 0. The maximum absolute atomic E-state index is 10.5. The van der Waals surface area contributed by atoms with E-state index in [1.54, 1.807) is 0 Å². The fourth-order valence-electron chi connectivity index (χ4n) is 1.75. The number of ether oxygens (including phenoxy) is 1. The number of nitrogens with zero attached hydrogens (tertiary/aromatic N) is 1. The zero-order valence-corrected chi connectivity index (χ0v) is 8.87. The van der Waals surface area contributed by atoms with Gasteiger partial charge in [0.05, 0.1) is 12.7 Å². The van der Waals surface area contributed by atoms with Gasteiger partial charge in [-0.3, -0.25) is 4.79 Å². The molecule has 1 unspecified atom stereocenters. The summed E-state index contributed by atoms with van der Waals surface area (Å²) < 4.78 is 5.60. The Hall–Kier alpha value is -0.610. The van der Waals surface area contributed by atoms with E-state index in [9.17, 15) is 4.79 Å². The van der Waals surface area contributed by atoms with Crippen LogP contribution >= 0.6 is 0 Å². The second-order valence-electron chi connectivity index (χ2n) is 3.97. The van der Waals surface area contributed by atoms with Crippen molar-refractivity contribution in [1.82, 2.24) is 4.90 Å². The Kier molecular flexibility index (Phi) is 4.90. The number of amides is 1. The molecular formula is C10H20N2O2. The summed E-state index contributed by atoms with van der Waals surface area (Å²) in [6.45, 7) is 2.59. The van der Waals surface area contributed by atoms with Gasteiger partial charge in [0.15, 0.2) is 0 Å². The molecule has 0 aromatic rings. The molecule has 0 saturated carbocycles. The van der Waals surface area contributed by atoms with Gasteiger partial charge in [-0.2, -0.15) is 0 Å². The van der Waals surface area contributed by atoms with Crippen LogP contribution in [0, 0.1) is 0 Å². The van der Waals surface area contributed by atoms with Crippen molar-refractivity contribution in [3.63, 3.8) is 0 Å². The van der Waals surface area contributed by atoms with Crippen molar-refractivity contribution in [3.8, 4) is 0 Å². The van der Waals surface area contributed by atoms with Crippen molar-refractivity contribution in [3.05, 3.63) is 0 Å². The van der Waals surface area contributed by atoms with Gasteiger partial charge in [-0.1, -0.05) is 0 Å². The summed E-state index contributed by atoms with van der Waals surface area (Å²) in [6.07, 6.45) is 4.17. The molecule has 0 aliphatic carbocycles. The largest absolute Gasteiger partial charge is 0.376 e. The van der Waals surface area contributed by atoms with Crippen LogP contribution in [0.5, 0.6) is 0 Å². The second kappa shape index (κ2) is 5.98. The number of rotatable bonds is 4. The molecule has 1 heterocycles. The molecule has 1 amide bonds. The summed E-state index contributed by atoms with van der Waals surface area (Å²) in [7, 11) is 2.11. The predicted octanol–water partition coefficient (Wildman–Crippen LogP) is 0.363. The van der Waals surface area contributed by atoms with Crippen LogP contribution in [0.2, 0.25) is 0 Å². The van der Waals surface area contributed by atoms with Crippen molar-refractivity contribution in [2.45, 2.75) is 31.8 Å². The van der Waals surface area contributed by atoms with E-state index in [0.717, 1.165) is 19.5 Å². The predicted molar refractivity (Wildman–Crippen MR) is 54.9 cm³/mol. The lowest BCUT2D eigenvalue weighted by atomic mass is 10.2. The SMILES string of the molecule is CN1CCCCC(OCCC(N)=O)C1. The maximum atomic E-state index is 10.5. The Morgan fingerprint density at radius 2 is 2.36 bits per heavy atom. The Morgan fingerprint density at radius 1 is 1.57 bits per heavy atom. The van der Waals surface area contributed by atoms with Crippen LogP contribution in [0.3, 0.4) is 0 Å². The molecular weight excluding hydrogens is 180 g/mol. The summed E-state index contributed by atoms with van der Waals surface area (Å²) in [5.41, 5.74) is 5.04. The van der Waals surface area contributed by atoms with Gasteiger partial charge in [0.2, 0.25) is 5.91 Å². The number of carbonyl (C=O) groups excluding carboxylic acids is 1. The molecule has 14 heavy (non-hydrogen) atoms. The van der Waals surface area contributed by atoms with Crippen molar-refractivity contribution in [2.24, 2.45) is 5.73 Å². The summed E-state index contributed by atoms with van der Waals surface area (Å²) >= 11 is 0. The van der Waals surface area contributed by atoms with Gasteiger partial charge < -0.3 is 15.4 Å². The molecule has 1 aliphatic rings. The quantitative estimate of drug-likeness (QED) is 0.713. The van der Waals surface area contributed by atoms with E-state index < -0.39 is 0 Å². The molecule has 1 saturated heterocycles. The van der Waals surface area contributed by atoms with Crippen LogP contribution in [0.25, 0.3) is 0 Å². The van der Waals surface area contributed by atoms with Crippen LogP contribution in [0.4, 0.5) is 0 Å². The van der Waals surface area contributed by atoms with Gasteiger partial charge in [-0.15, -0.1) is 0 Å². The first kappa shape index (κ1) is 11.5. The number of primary amides is 1. The van der Waals surface area contributed by atoms with Crippen LogP contribution in [0.1, 0.15) is 25.7 Å². The first-order valence-corrected chi connectivity index (χ1v) is 5.27. The molecule has 4 nitrogen and oxygen atoms in total. The highest BCUT2D eigenvalue weighted by molar-refractivity contribution is 5.73. The zero-order valence-electron chi connectivity index (χ0n) is 8.87. The van der Waals surface area contributed by atoms with Crippen LogP contribution < -0.4 is 5.73 Å². The lowest BCUT2D eigenvalue weighted by Crippen LogP contribution is -2.30. The molecule has 0 aromatic carbocycles. The van der Waals surface area contributed by atoms with Crippen molar-refractivity contribution in [2.75, 3.05) is 26.7 Å². The van der Waals surface area contributed by atoms with E-state index in [1.807, 2.05) is 0 Å². The first-order valence-electron chi connectivity index (χ1n) is 5.27. The molecule has 0 spiro atoms. The second-order valence-corrected chi connectivity index (χ2v) is 3.97. The normalized spacial score (nSPS) is 24.5. The van der Waals surface area contributed by atoms with Gasteiger partial charge in [-0.25, -0.2) is 0 Å². The van der Waals surface area contributed by atoms with Crippen molar-refractivity contribution >= 4 is 5.91 Å². The molecule has 1 rings (SSSR count). The zero-order chi connectivity index (χ0) is 10.4. The molecule has 0 aromatic heterocycles. The molecule has 1 atom stereocenters. The van der Waals surface area contributed by atoms with Gasteiger partial charge in [0, 0.05) is 13.0 Å². The number of hydrogen-bond acceptors (Lipinski definition) is 3. The van der Waals surface area contributed by atoms with Crippen molar-refractivity contribution < 1.29 is 9.53 Å². The first-order chi connectivity index (χ1) is 6.68. The Labute approximate surface area is 85.4 Å². The third-order valence-corrected chi connectivity index (χ3v) is 2.53. The van der Waals surface area contributed by atoms with Crippen LogP contribution in [-0.4, -0.2) is 43.7 Å². The molecule has 1 fully saturated rings. The van der Waals surface area contributed by atoms with Gasteiger partial charge >= 0.3 is 0 Å². The van der Waals surface area contributed by atoms with E-state index in [2.05, 4.69) is 11.9 Å². The molecule has 2 N–H and O–H groups in total. The third-order valence-electron chi connectivity index (χ3n) is 2.53. The Morgan fingerprint density at radius 3 is 3.07 bits per heavy atom. The monoisotopic (exact) mass is 200 g/mol. The summed E-state index contributed by atoms with van der Waals surface area (Å²) in [4.78, 5) is 12.8.